The van der Waals surface area contributed by atoms with Gasteiger partial charge in [-0.05, 0) is 19.8 Å². The van der Waals surface area contributed by atoms with E-state index in [2.05, 4.69) is 4.98 Å². The van der Waals surface area contributed by atoms with E-state index in [4.69, 9.17) is 4.74 Å². The molecule has 0 bridgehead atoms. The molecule has 100 valence electrons. The molecule has 1 saturated carbocycles. The molecule has 0 aliphatic heterocycles. The summed E-state index contributed by atoms with van der Waals surface area (Å²) >= 11 is 1.53. The number of aryl methyl sites for hydroxylation is 1. The molecule has 0 unspecified atom stereocenters. The highest BCUT2D eigenvalue weighted by molar-refractivity contribution is 7.09. The third kappa shape index (κ3) is 3.09. The van der Waals surface area contributed by atoms with Crippen LogP contribution in [0.5, 0.6) is 0 Å². The highest BCUT2D eigenvalue weighted by atomic mass is 32.1. The van der Waals surface area contributed by atoms with E-state index in [0.717, 1.165) is 17.8 Å². The summed E-state index contributed by atoms with van der Waals surface area (Å²) in [7, 11) is 1.67. The summed E-state index contributed by atoms with van der Waals surface area (Å²) in [6.07, 6.45) is 4.66. The Morgan fingerprint density at radius 1 is 1.56 bits per heavy atom. The van der Waals surface area contributed by atoms with E-state index in [1.54, 1.807) is 7.11 Å². The van der Waals surface area contributed by atoms with Gasteiger partial charge in [0, 0.05) is 25.1 Å². The van der Waals surface area contributed by atoms with Crippen LogP contribution in [0.1, 0.15) is 41.2 Å². The zero-order valence-electron chi connectivity index (χ0n) is 11.0. The highest BCUT2D eigenvalue weighted by Crippen LogP contribution is 2.25. The van der Waals surface area contributed by atoms with Gasteiger partial charge < -0.3 is 9.64 Å². The molecule has 18 heavy (non-hydrogen) atoms. The number of hydrogen-bond donors (Lipinski definition) is 0. The van der Waals surface area contributed by atoms with E-state index in [9.17, 15) is 4.79 Å². The highest BCUT2D eigenvalue weighted by Gasteiger charge is 2.28. The Kier molecular flexibility index (Phi) is 4.72. The van der Waals surface area contributed by atoms with Gasteiger partial charge in [0.25, 0.3) is 5.91 Å². The molecule has 1 aliphatic carbocycles. The van der Waals surface area contributed by atoms with E-state index in [-0.39, 0.29) is 5.91 Å². The summed E-state index contributed by atoms with van der Waals surface area (Å²) in [5, 5.41) is 2.79. The fraction of sp³-hybridized carbons (Fsp3) is 0.692. The first-order valence-electron chi connectivity index (χ1n) is 6.44. The minimum atomic E-state index is 0.0586. The molecule has 1 heterocycles. The van der Waals surface area contributed by atoms with Crippen molar-refractivity contribution < 1.29 is 9.53 Å². The molecule has 0 saturated heterocycles. The van der Waals surface area contributed by atoms with Gasteiger partial charge in [0.15, 0.2) is 0 Å². The summed E-state index contributed by atoms with van der Waals surface area (Å²) in [5.41, 5.74) is 0.584. The molecule has 0 spiro atoms. The van der Waals surface area contributed by atoms with Crippen LogP contribution in [0.3, 0.4) is 0 Å². The van der Waals surface area contributed by atoms with Crippen LogP contribution in [0.4, 0.5) is 0 Å². The predicted octanol–water partition coefficient (Wildman–Crippen LogP) is 2.48. The molecule has 0 aromatic carbocycles. The summed E-state index contributed by atoms with van der Waals surface area (Å²) in [4.78, 5) is 18.7. The number of ether oxygens (including phenoxy) is 1. The molecule has 0 N–H and O–H groups in total. The zero-order chi connectivity index (χ0) is 13.0. The van der Waals surface area contributed by atoms with E-state index >= 15 is 0 Å². The molecule has 5 heteroatoms. The van der Waals surface area contributed by atoms with Crippen LogP contribution in [-0.2, 0) is 4.74 Å². The van der Waals surface area contributed by atoms with Crippen LogP contribution < -0.4 is 0 Å². The van der Waals surface area contributed by atoms with E-state index in [0.29, 0.717) is 24.9 Å². The Labute approximate surface area is 112 Å². The number of amides is 1. The molecule has 0 atom stereocenters. The largest absolute Gasteiger partial charge is 0.383 e. The molecule has 4 nitrogen and oxygen atoms in total. The van der Waals surface area contributed by atoms with Crippen LogP contribution >= 0.6 is 11.3 Å². The predicted molar refractivity (Wildman–Crippen MR) is 72.0 cm³/mol. The maximum absolute atomic E-state index is 12.5. The van der Waals surface area contributed by atoms with Gasteiger partial charge in [-0.1, -0.05) is 12.8 Å². The van der Waals surface area contributed by atoms with E-state index in [1.165, 1.54) is 24.2 Å². The Morgan fingerprint density at radius 3 is 2.83 bits per heavy atom. The summed E-state index contributed by atoms with van der Waals surface area (Å²) < 4.78 is 5.11. The van der Waals surface area contributed by atoms with Crippen molar-refractivity contribution in [3.05, 3.63) is 16.1 Å². The van der Waals surface area contributed by atoms with Crippen molar-refractivity contribution in [1.29, 1.82) is 0 Å². The van der Waals surface area contributed by atoms with Gasteiger partial charge >= 0.3 is 0 Å². The first-order chi connectivity index (χ1) is 8.72. The van der Waals surface area contributed by atoms with Gasteiger partial charge in [-0.2, -0.15) is 0 Å². The van der Waals surface area contributed by atoms with Crippen LogP contribution in [0.25, 0.3) is 0 Å². The van der Waals surface area contributed by atoms with Crippen LogP contribution in [0, 0.1) is 6.92 Å². The number of methoxy groups -OCH3 is 1. The third-order valence-corrected chi connectivity index (χ3v) is 4.17. The van der Waals surface area contributed by atoms with Crippen LogP contribution in [0.2, 0.25) is 0 Å². The molecular weight excluding hydrogens is 248 g/mol. The van der Waals surface area contributed by atoms with Gasteiger partial charge in [-0.3, -0.25) is 4.79 Å². The van der Waals surface area contributed by atoms with Gasteiger partial charge in [0.2, 0.25) is 0 Å². The smallest absolute Gasteiger partial charge is 0.273 e. The van der Waals surface area contributed by atoms with Crippen molar-refractivity contribution >= 4 is 17.2 Å². The molecule has 1 aromatic heterocycles. The second kappa shape index (κ2) is 6.29. The molecular formula is C13H20N2O2S. The molecule has 1 fully saturated rings. The van der Waals surface area contributed by atoms with Gasteiger partial charge in [-0.25, -0.2) is 4.98 Å². The number of carbonyl (C=O) groups is 1. The molecule has 1 amide bonds. The van der Waals surface area contributed by atoms with E-state index in [1.807, 2.05) is 17.2 Å². The lowest BCUT2D eigenvalue weighted by atomic mass is 10.2. The average Bonchev–Trinajstić information content (AvgIpc) is 3.00. The Bertz CT molecular complexity index is 399. The minimum absolute atomic E-state index is 0.0586. The Balaban J connectivity index is 2.09. The summed E-state index contributed by atoms with van der Waals surface area (Å²) in [6.45, 7) is 3.18. The number of thiazole rings is 1. The van der Waals surface area contributed by atoms with Gasteiger partial charge in [0.1, 0.15) is 5.69 Å². The zero-order valence-corrected chi connectivity index (χ0v) is 11.8. The number of rotatable bonds is 5. The Morgan fingerprint density at radius 2 is 2.28 bits per heavy atom. The topological polar surface area (TPSA) is 42.4 Å². The van der Waals surface area contributed by atoms with Crippen molar-refractivity contribution in [3.63, 3.8) is 0 Å². The van der Waals surface area contributed by atoms with Crippen molar-refractivity contribution in [1.82, 2.24) is 9.88 Å². The number of aromatic nitrogens is 1. The van der Waals surface area contributed by atoms with Crippen molar-refractivity contribution in [2.75, 3.05) is 20.3 Å². The fourth-order valence-electron chi connectivity index (χ4n) is 2.46. The first kappa shape index (κ1) is 13.5. The lowest BCUT2D eigenvalue weighted by Gasteiger charge is -2.28. The second-order valence-corrected chi connectivity index (χ2v) is 5.74. The lowest BCUT2D eigenvalue weighted by molar-refractivity contribution is 0.0601. The lowest BCUT2D eigenvalue weighted by Crippen LogP contribution is -2.41. The maximum atomic E-state index is 12.5. The maximum Gasteiger partial charge on any atom is 0.273 e. The van der Waals surface area contributed by atoms with Crippen molar-refractivity contribution in [2.24, 2.45) is 0 Å². The molecule has 1 aromatic rings. The third-order valence-electron chi connectivity index (χ3n) is 3.40. The van der Waals surface area contributed by atoms with Gasteiger partial charge in [-0.15, -0.1) is 11.3 Å². The second-order valence-electron chi connectivity index (χ2n) is 4.68. The first-order valence-corrected chi connectivity index (χ1v) is 7.32. The summed E-state index contributed by atoms with van der Waals surface area (Å²) in [6, 6.07) is 0.370. The molecule has 1 aliphatic rings. The number of carbonyl (C=O) groups excluding carboxylic acids is 1. The summed E-state index contributed by atoms with van der Waals surface area (Å²) in [5.74, 6) is 0.0586. The number of hydrogen-bond acceptors (Lipinski definition) is 4. The quantitative estimate of drug-likeness (QED) is 0.824. The number of nitrogens with zero attached hydrogens (tertiary/aromatic N) is 2. The fourth-order valence-corrected chi connectivity index (χ4v) is 3.05. The Hall–Kier alpha value is -0.940. The van der Waals surface area contributed by atoms with Crippen LogP contribution in [-0.4, -0.2) is 42.1 Å². The normalized spacial score (nSPS) is 16.1. The standard InChI is InChI=1S/C13H20N2O2S/c1-10-14-12(9-18-10)13(16)15(7-8-17-2)11-5-3-4-6-11/h9,11H,3-8H2,1-2H3. The van der Waals surface area contributed by atoms with Gasteiger partial charge in [0.05, 0.1) is 11.6 Å². The monoisotopic (exact) mass is 268 g/mol. The van der Waals surface area contributed by atoms with Crippen LogP contribution in [0.15, 0.2) is 5.38 Å². The minimum Gasteiger partial charge on any atom is -0.383 e. The van der Waals surface area contributed by atoms with Crippen molar-refractivity contribution in [3.8, 4) is 0 Å². The SMILES string of the molecule is COCCN(C(=O)c1csc(C)n1)C1CCCC1. The van der Waals surface area contributed by atoms with Crippen molar-refractivity contribution in [2.45, 2.75) is 38.6 Å². The molecule has 0 radical (unpaired) electrons. The molecule has 2 rings (SSSR count). The van der Waals surface area contributed by atoms with E-state index < -0.39 is 0 Å². The average molecular weight is 268 g/mol.